The second kappa shape index (κ2) is 9.25. The van der Waals surface area contributed by atoms with Crippen molar-refractivity contribution in [2.24, 2.45) is 4.99 Å². The Kier molecular flexibility index (Phi) is 7.02. The van der Waals surface area contributed by atoms with E-state index >= 15 is 0 Å². The van der Waals surface area contributed by atoms with Crippen molar-refractivity contribution in [2.75, 3.05) is 34.2 Å². The van der Waals surface area contributed by atoms with E-state index in [1.807, 2.05) is 36.5 Å². The zero-order valence-electron chi connectivity index (χ0n) is 15.9. The van der Waals surface area contributed by atoms with Gasteiger partial charge in [-0.15, -0.1) is 0 Å². The first-order valence-electron chi connectivity index (χ1n) is 8.51. The average Bonchev–Trinajstić information content (AvgIpc) is 3.09. The highest BCUT2D eigenvalue weighted by atomic mass is 19.4. The van der Waals surface area contributed by atoms with E-state index in [2.05, 4.69) is 15.4 Å². The Morgan fingerprint density at radius 3 is 2.50 bits per heavy atom. The number of hydrogen-bond donors (Lipinski definition) is 1. The number of aliphatic imine (C=N–C) groups is 1. The van der Waals surface area contributed by atoms with Crippen molar-refractivity contribution in [1.82, 2.24) is 24.9 Å². The first-order chi connectivity index (χ1) is 13.2. The lowest BCUT2D eigenvalue weighted by Crippen LogP contribution is -2.45. The lowest BCUT2D eigenvalue weighted by atomic mass is 10.3. The quantitative estimate of drug-likeness (QED) is 0.598. The van der Waals surface area contributed by atoms with Crippen LogP contribution in [0.15, 0.2) is 47.7 Å². The van der Waals surface area contributed by atoms with E-state index in [0.29, 0.717) is 17.4 Å². The number of guanidine groups is 1. The van der Waals surface area contributed by atoms with E-state index in [4.69, 9.17) is 0 Å². The van der Waals surface area contributed by atoms with Crippen molar-refractivity contribution in [3.05, 3.63) is 48.3 Å². The van der Waals surface area contributed by atoms with Gasteiger partial charge in [0.15, 0.2) is 5.96 Å². The van der Waals surface area contributed by atoms with E-state index in [0.717, 1.165) is 18.3 Å². The fraction of sp³-hybridized carbons (Fsp3) is 0.389. The van der Waals surface area contributed by atoms with Crippen LogP contribution >= 0.6 is 0 Å². The Bertz CT molecular complexity index is 803. The summed E-state index contributed by atoms with van der Waals surface area (Å²) in [7, 11) is 4.41. The standard InChI is InChI=1S/C18H23F3N6O/c1-22-17(23-10-16(28)26(3)13-18(19,20)21)25(2)11-14-9-24-27(12-14)15-7-5-4-6-8-15/h4-9,12H,10-11,13H2,1-3H3,(H,22,23). The van der Waals surface area contributed by atoms with Crippen molar-refractivity contribution in [3.8, 4) is 5.69 Å². The molecule has 0 unspecified atom stereocenters. The summed E-state index contributed by atoms with van der Waals surface area (Å²) in [5.41, 5.74) is 1.84. The van der Waals surface area contributed by atoms with Gasteiger partial charge in [-0.2, -0.15) is 18.3 Å². The van der Waals surface area contributed by atoms with Gasteiger partial charge in [0.1, 0.15) is 6.54 Å². The summed E-state index contributed by atoms with van der Waals surface area (Å²) in [6.07, 6.45) is -0.831. The predicted molar refractivity (Wildman–Crippen MR) is 100 cm³/mol. The molecule has 0 saturated carbocycles. The molecule has 1 N–H and O–H groups in total. The molecule has 0 radical (unpaired) electrons. The highest BCUT2D eigenvalue weighted by Gasteiger charge is 2.31. The summed E-state index contributed by atoms with van der Waals surface area (Å²) in [5, 5.41) is 7.10. The summed E-state index contributed by atoms with van der Waals surface area (Å²) < 4.78 is 38.9. The molecule has 28 heavy (non-hydrogen) atoms. The van der Waals surface area contributed by atoms with E-state index in [1.54, 1.807) is 22.8 Å². The van der Waals surface area contributed by atoms with Gasteiger partial charge < -0.3 is 15.1 Å². The highest BCUT2D eigenvalue weighted by molar-refractivity contribution is 5.86. The van der Waals surface area contributed by atoms with Gasteiger partial charge in [-0.25, -0.2) is 4.68 Å². The molecule has 1 heterocycles. The predicted octanol–water partition coefficient (Wildman–Crippen LogP) is 1.90. The first kappa shape index (κ1) is 21.3. The molecule has 0 bridgehead atoms. The third-order valence-corrected chi connectivity index (χ3v) is 3.89. The first-order valence-corrected chi connectivity index (χ1v) is 8.51. The molecule has 2 aromatic rings. The molecule has 0 atom stereocenters. The smallest absolute Gasteiger partial charge is 0.347 e. The molecule has 0 fully saturated rings. The number of nitrogens with one attached hydrogen (secondary N) is 1. The minimum atomic E-state index is -4.43. The number of para-hydroxylation sites is 1. The van der Waals surface area contributed by atoms with Crippen LogP contribution in [0.4, 0.5) is 13.2 Å². The van der Waals surface area contributed by atoms with Gasteiger partial charge in [0.25, 0.3) is 0 Å². The van der Waals surface area contributed by atoms with Gasteiger partial charge in [0.2, 0.25) is 5.91 Å². The summed E-state index contributed by atoms with van der Waals surface area (Å²) >= 11 is 0. The number of rotatable bonds is 6. The molecule has 2 rings (SSSR count). The number of hydrogen-bond acceptors (Lipinski definition) is 3. The maximum absolute atomic E-state index is 12.4. The summed E-state index contributed by atoms with van der Waals surface area (Å²) in [6.45, 7) is -1.12. The average molecular weight is 396 g/mol. The van der Waals surface area contributed by atoms with Crippen LogP contribution in [0.1, 0.15) is 5.56 Å². The van der Waals surface area contributed by atoms with Crippen LogP contribution < -0.4 is 5.32 Å². The minimum absolute atomic E-state index is 0.285. The normalized spacial score (nSPS) is 12.0. The molecule has 0 aliphatic heterocycles. The van der Waals surface area contributed by atoms with Gasteiger partial charge in [-0.1, -0.05) is 18.2 Å². The zero-order chi connectivity index (χ0) is 20.7. The van der Waals surface area contributed by atoms with Crippen molar-refractivity contribution in [2.45, 2.75) is 12.7 Å². The lowest BCUT2D eigenvalue weighted by Gasteiger charge is -2.23. The van der Waals surface area contributed by atoms with Crippen LogP contribution in [0.2, 0.25) is 0 Å². The molecular formula is C18H23F3N6O. The molecule has 0 spiro atoms. The number of aromatic nitrogens is 2. The molecule has 152 valence electrons. The molecular weight excluding hydrogens is 373 g/mol. The SMILES string of the molecule is CN=C(NCC(=O)N(C)CC(F)(F)F)N(C)Cc1cnn(-c2ccccc2)c1. The van der Waals surface area contributed by atoms with Crippen LogP contribution in [-0.2, 0) is 11.3 Å². The topological polar surface area (TPSA) is 65.8 Å². The maximum Gasteiger partial charge on any atom is 0.406 e. The molecule has 0 aliphatic carbocycles. The Morgan fingerprint density at radius 1 is 1.21 bits per heavy atom. The van der Waals surface area contributed by atoms with E-state index in [1.165, 1.54) is 7.05 Å². The van der Waals surface area contributed by atoms with E-state index in [-0.39, 0.29) is 6.54 Å². The molecule has 0 saturated heterocycles. The van der Waals surface area contributed by atoms with Gasteiger partial charge in [0.05, 0.1) is 18.4 Å². The Labute approximate surface area is 161 Å². The summed E-state index contributed by atoms with van der Waals surface area (Å²) in [6, 6.07) is 9.63. The van der Waals surface area contributed by atoms with Crippen molar-refractivity contribution in [1.29, 1.82) is 0 Å². The lowest BCUT2D eigenvalue weighted by molar-refractivity contribution is -0.157. The second-order valence-electron chi connectivity index (χ2n) is 6.25. The fourth-order valence-electron chi connectivity index (χ4n) is 2.54. The van der Waals surface area contributed by atoms with E-state index in [9.17, 15) is 18.0 Å². The maximum atomic E-state index is 12.4. The third-order valence-electron chi connectivity index (χ3n) is 3.89. The van der Waals surface area contributed by atoms with Gasteiger partial charge in [-0.3, -0.25) is 9.79 Å². The molecule has 1 amide bonds. The minimum Gasteiger partial charge on any atom is -0.347 e. The number of halogens is 3. The monoisotopic (exact) mass is 396 g/mol. The third kappa shape index (κ3) is 6.29. The number of nitrogens with zero attached hydrogens (tertiary/aromatic N) is 5. The number of likely N-dealkylation sites (N-methyl/N-ethyl adjacent to an activating group) is 1. The Balaban J connectivity index is 1.91. The van der Waals surface area contributed by atoms with Gasteiger partial charge in [0, 0.05) is 39.4 Å². The van der Waals surface area contributed by atoms with Crippen molar-refractivity contribution < 1.29 is 18.0 Å². The van der Waals surface area contributed by atoms with Crippen LogP contribution in [0.5, 0.6) is 0 Å². The Morgan fingerprint density at radius 2 is 1.89 bits per heavy atom. The Hall–Kier alpha value is -3.04. The number of carbonyl (C=O) groups excluding carboxylic acids is 1. The van der Waals surface area contributed by atoms with Crippen LogP contribution in [0.25, 0.3) is 5.69 Å². The van der Waals surface area contributed by atoms with E-state index < -0.39 is 18.6 Å². The molecule has 1 aromatic carbocycles. The summed E-state index contributed by atoms with van der Waals surface area (Å²) in [5.74, 6) is -0.287. The van der Waals surface area contributed by atoms with Crippen LogP contribution in [0.3, 0.4) is 0 Å². The fourth-order valence-corrected chi connectivity index (χ4v) is 2.54. The van der Waals surface area contributed by atoms with Crippen molar-refractivity contribution in [3.63, 3.8) is 0 Å². The second-order valence-corrected chi connectivity index (χ2v) is 6.25. The molecule has 1 aromatic heterocycles. The number of carbonyl (C=O) groups is 1. The van der Waals surface area contributed by atoms with Gasteiger partial charge in [-0.05, 0) is 12.1 Å². The highest BCUT2D eigenvalue weighted by Crippen LogP contribution is 2.15. The molecule has 7 nitrogen and oxygen atoms in total. The summed E-state index contributed by atoms with van der Waals surface area (Å²) in [4.78, 5) is 18.3. The zero-order valence-corrected chi connectivity index (χ0v) is 15.9. The van der Waals surface area contributed by atoms with Gasteiger partial charge >= 0.3 is 6.18 Å². The molecule has 0 aliphatic rings. The molecule has 10 heteroatoms. The van der Waals surface area contributed by atoms with Crippen LogP contribution in [0, 0.1) is 0 Å². The largest absolute Gasteiger partial charge is 0.406 e. The number of benzene rings is 1. The van der Waals surface area contributed by atoms with Crippen LogP contribution in [-0.4, -0.2) is 71.9 Å². The number of alkyl halides is 3. The van der Waals surface area contributed by atoms with Crippen molar-refractivity contribution >= 4 is 11.9 Å². The number of amides is 1.